The Morgan fingerprint density at radius 3 is 2.43 bits per heavy atom. The number of alkyl halides is 3. The van der Waals surface area contributed by atoms with Crippen LogP contribution in [-0.4, -0.2) is 76.9 Å². The molecule has 1 atom stereocenters. The van der Waals surface area contributed by atoms with Crippen molar-refractivity contribution in [3.8, 4) is 11.6 Å². The van der Waals surface area contributed by atoms with Crippen molar-refractivity contribution in [2.45, 2.75) is 95.5 Å². The summed E-state index contributed by atoms with van der Waals surface area (Å²) in [6.45, 7) is 10.3. The molecule has 2 aliphatic rings. The van der Waals surface area contributed by atoms with Gasteiger partial charge in [-0.3, -0.25) is 14.2 Å². The monoisotopic (exact) mass is 796 g/mol. The first-order valence-electron chi connectivity index (χ1n) is 17.5. The van der Waals surface area contributed by atoms with Crippen molar-refractivity contribution in [2.75, 3.05) is 25.0 Å². The van der Waals surface area contributed by atoms with Crippen LogP contribution >= 0.6 is 11.6 Å². The van der Waals surface area contributed by atoms with Gasteiger partial charge in [-0.25, -0.2) is 19.5 Å². The average molecular weight is 797 g/mol. The molecule has 54 heavy (non-hydrogen) atoms. The predicted molar refractivity (Wildman–Crippen MR) is 194 cm³/mol. The maximum absolute atomic E-state index is 13.3. The van der Waals surface area contributed by atoms with Gasteiger partial charge in [0.05, 0.1) is 17.6 Å². The van der Waals surface area contributed by atoms with Gasteiger partial charge in [-0.1, -0.05) is 17.7 Å². The summed E-state index contributed by atoms with van der Waals surface area (Å²) in [5.74, 6) is -0.793. The number of anilines is 1. The lowest BCUT2D eigenvalue weighted by atomic mass is 9.93. The summed E-state index contributed by atoms with van der Waals surface area (Å²) >= 11 is 6.26. The molecule has 2 fully saturated rings. The molecule has 1 saturated heterocycles. The number of nitrogens with one attached hydrogen (secondary N) is 2. The number of nitrogens with zero attached hydrogens (tertiary/aromatic N) is 4. The van der Waals surface area contributed by atoms with Gasteiger partial charge in [-0.05, 0) is 115 Å². The topological polar surface area (TPSA) is 162 Å². The van der Waals surface area contributed by atoms with Gasteiger partial charge in [0.1, 0.15) is 22.4 Å². The van der Waals surface area contributed by atoms with Crippen molar-refractivity contribution in [2.24, 2.45) is 11.3 Å². The molecule has 2 N–H and O–H groups in total. The summed E-state index contributed by atoms with van der Waals surface area (Å²) in [5.41, 5.74) is -3.73. The summed E-state index contributed by atoms with van der Waals surface area (Å²) in [5, 5.41) is 2.28. The number of carbonyl (C=O) groups is 2. The maximum atomic E-state index is 13.3. The van der Waals surface area contributed by atoms with Crippen LogP contribution in [-0.2, 0) is 14.8 Å². The number of pyridine rings is 3. The first-order chi connectivity index (χ1) is 25.1. The van der Waals surface area contributed by atoms with Crippen molar-refractivity contribution >= 4 is 39.4 Å². The smallest absolute Gasteiger partial charge is 0.410 e. The van der Waals surface area contributed by atoms with E-state index in [-0.39, 0.29) is 66.4 Å². The highest BCUT2D eigenvalue weighted by atomic mass is 35.5. The molecule has 0 unspecified atom stereocenters. The number of likely N-dealkylation sites (tertiary alicyclic amines) is 1. The molecule has 0 aromatic carbocycles. The van der Waals surface area contributed by atoms with Gasteiger partial charge >= 0.3 is 12.3 Å². The van der Waals surface area contributed by atoms with Crippen LogP contribution in [0.1, 0.15) is 83.5 Å². The Labute approximate surface area is 316 Å². The van der Waals surface area contributed by atoms with Crippen LogP contribution in [0.15, 0.2) is 58.5 Å². The number of rotatable bonds is 13. The Balaban J connectivity index is 1.15. The molecule has 294 valence electrons. The van der Waals surface area contributed by atoms with E-state index in [2.05, 4.69) is 15.3 Å². The minimum absolute atomic E-state index is 0.0168. The Bertz CT molecular complexity index is 2050. The number of halogens is 4. The molecule has 0 spiro atoms. The normalized spacial score (nSPS) is 17.9. The third-order valence-corrected chi connectivity index (χ3v) is 10.9. The van der Waals surface area contributed by atoms with E-state index in [4.69, 9.17) is 21.1 Å². The zero-order chi connectivity index (χ0) is 39.7. The molecular weight excluding hydrogens is 753 g/mol. The molecule has 13 nitrogen and oxygen atoms in total. The second-order valence-corrected chi connectivity index (χ2v) is 17.3. The molecule has 1 saturated carbocycles. The highest BCUT2D eigenvalue weighted by molar-refractivity contribution is 7.90. The fourth-order valence-corrected chi connectivity index (χ4v) is 7.56. The molecule has 3 aromatic rings. The van der Waals surface area contributed by atoms with Gasteiger partial charge < -0.3 is 19.7 Å². The Kier molecular flexibility index (Phi) is 11.6. The van der Waals surface area contributed by atoms with E-state index >= 15 is 0 Å². The number of amides is 2. The standard InChI is InChI=1S/C36H44ClF3N6O7S/c1-33(2,3)53-32(49)46-22-23(21-34(46,4)5)9-7-18-41-26-11-6-12-28(42-26)54(50,51)44-30(47)24-13-14-27(43-29(24)37)45-19-8-10-25(31(45)48)52-20-17-35(15-16-35)36(38,39)40/h6,8,10-14,19,23H,7,9,15-18,20-22H2,1-5H3,(H,41,42)(H,44,47)/t23-/m0/s1. The van der Waals surface area contributed by atoms with Crippen molar-refractivity contribution < 1.29 is 40.7 Å². The maximum Gasteiger partial charge on any atom is 0.410 e. The van der Waals surface area contributed by atoms with E-state index in [1.54, 1.807) is 11.0 Å². The molecule has 0 bridgehead atoms. The highest BCUT2D eigenvalue weighted by Crippen LogP contribution is 2.59. The summed E-state index contributed by atoms with van der Waals surface area (Å²) in [7, 11) is -4.46. The predicted octanol–water partition coefficient (Wildman–Crippen LogP) is 6.74. The third-order valence-electron chi connectivity index (χ3n) is 9.43. The number of ether oxygens (including phenoxy) is 2. The Hall–Kier alpha value is -4.38. The number of carbonyl (C=O) groups excluding carboxylic acids is 2. The Morgan fingerprint density at radius 1 is 1.06 bits per heavy atom. The average Bonchev–Trinajstić information content (AvgIpc) is 3.80. The quantitative estimate of drug-likeness (QED) is 0.140. The van der Waals surface area contributed by atoms with Crippen LogP contribution in [0, 0.1) is 11.3 Å². The summed E-state index contributed by atoms with van der Waals surface area (Å²) < 4.78 is 80.0. The minimum Gasteiger partial charge on any atom is -0.488 e. The van der Waals surface area contributed by atoms with E-state index < -0.39 is 48.9 Å². The summed E-state index contributed by atoms with van der Waals surface area (Å²) in [4.78, 5) is 48.8. The number of aromatic nitrogens is 3. The lowest BCUT2D eigenvalue weighted by Gasteiger charge is -2.33. The van der Waals surface area contributed by atoms with Crippen molar-refractivity contribution in [1.82, 2.24) is 24.2 Å². The van der Waals surface area contributed by atoms with E-state index in [0.29, 0.717) is 13.1 Å². The molecule has 5 rings (SSSR count). The molecule has 1 aliphatic carbocycles. The second-order valence-electron chi connectivity index (χ2n) is 15.3. The largest absolute Gasteiger partial charge is 0.488 e. The van der Waals surface area contributed by atoms with Gasteiger partial charge in [0.25, 0.3) is 21.5 Å². The van der Waals surface area contributed by atoms with Gasteiger partial charge in [0.2, 0.25) is 0 Å². The van der Waals surface area contributed by atoms with Crippen LogP contribution in [0.4, 0.5) is 23.8 Å². The molecule has 2 amide bonds. The number of sulfonamides is 1. The van der Waals surface area contributed by atoms with Crippen LogP contribution in [0.3, 0.4) is 0 Å². The Morgan fingerprint density at radius 2 is 1.78 bits per heavy atom. The van der Waals surface area contributed by atoms with Crippen LogP contribution in [0.5, 0.6) is 5.75 Å². The van der Waals surface area contributed by atoms with Crippen LogP contribution in [0.25, 0.3) is 5.82 Å². The van der Waals surface area contributed by atoms with E-state index in [0.717, 1.165) is 23.8 Å². The van der Waals surface area contributed by atoms with E-state index in [1.807, 2.05) is 39.3 Å². The SMILES string of the molecule is CC(C)(C)OC(=O)N1C[C@@H](CCCNc2cccc(S(=O)(=O)NC(=O)c3ccc(-n4cccc(OCCC5(C(F)(F)F)CC5)c4=O)nc3Cl)n2)CC1(C)C. The first-order valence-corrected chi connectivity index (χ1v) is 19.3. The fourth-order valence-electron chi connectivity index (χ4n) is 6.39. The summed E-state index contributed by atoms with van der Waals surface area (Å²) in [6, 6.07) is 9.49. The fraction of sp³-hybridized carbons (Fsp3) is 0.528. The third kappa shape index (κ3) is 9.64. The summed E-state index contributed by atoms with van der Waals surface area (Å²) in [6.07, 6.45) is -1.23. The van der Waals surface area contributed by atoms with Crippen molar-refractivity contribution in [3.63, 3.8) is 0 Å². The minimum atomic E-state index is -4.46. The van der Waals surface area contributed by atoms with Crippen LogP contribution < -0.4 is 20.3 Å². The molecule has 18 heteroatoms. The first kappa shape index (κ1) is 40.8. The number of hydrogen-bond acceptors (Lipinski definition) is 10. The second kappa shape index (κ2) is 15.4. The lowest BCUT2D eigenvalue weighted by Crippen LogP contribution is -2.45. The zero-order valence-electron chi connectivity index (χ0n) is 30.6. The molecule has 3 aromatic heterocycles. The zero-order valence-corrected chi connectivity index (χ0v) is 32.2. The van der Waals surface area contributed by atoms with Crippen LogP contribution in [0.2, 0.25) is 5.15 Å². The van der Waals surface area contributed by atoms with Gasteiger partial charge in [-0.2, -0.15) is 21.6 Å². The van der Waals surface area contributed by atoms with Gasteiger partial charge in [0, 0.05) is 24.8 Å². The van der Waals surface area contributed by atoms with Gasteiger partial charge in [0.15, 0.2) is 10.8 Å². The van der Waals surface area contributed by atoms with E-state index in [9.17, 15) is 36.0 Å². The molecular formula is C36H44ClF3N6O7S. The molecule has 1 aliphatic heterocycles. The number of hydrogen-bond donors (Lipinski definition) is 2. The lowest BCUT2D eigenvalue weighted by molar-refractivity contribution is -0.190. The van der Waals surface area contributed by atoms with E-state index in [1.165, 1.54) is 42.6 Å². The highest BCUT2D eigenvalue weighted by Gasteiger charge is 2.62. The van der Waals surface area contributed by atoms with Crippen molar-refractivity contribution in [1.29, 1.82) is 0 Å². The molecule has 4 heterocycles. The van der Waals surface area contributed by atoms with Crippen molar-refractivity contribution in [3.05, 3.63) is 69.7 Å². The molecule has 0 radical (unpaired) electrons. The van der Waals surface area contributed by atoms with Gasteiger partial charge in [-0.15, -0.1) is 0 Å².